The topological polar surface area (TPSA) is 66.8 Å². The minimum Gasteiger partial charge on any atom is -0.484 e. The summed E-state index contributed by atoms with van der Waals surface area (Å²) in [6, 6.07) is 6.79. The highest BCUT2D eigenvalue weighted by atomic mass is 35.5. The maximum atomic E-state index is 12.2. The molecule has 3 rings (SSSR count). The molecule has 6 heteroatoms. The highest BCUT2D eigenvalue weighted by Crippen LogP contribution is 2.44. The largest absolute Gasteiger partial charge is 0.484 e. The van der Waals surface area contributed by atoms with E-state index in [1.54, 1.807) is 29.2 Å². The fraction of sp³-hybridized carbons (Fsp3) is 0.500. The average Bonchev–Trinajstić information content (AvgIpc) is 3.24. The molecule has 2 fully saturated rings. The third-order valence-corrected chi connectivity index (χ3v) is 4.69. The molecule has 1 heterocycles. The molecule has 5 nitrogen and oxygen atoms in total. The molecule has 1 aliphatic carbocycles. The molecule has 1 N–H and O–H groups in total. The van der Waals surface area contributed by atoms with Crippen molar-refractivity contribution in [2.24, 2.45) is 17.8 Å². The first-order chi connectivity index (χ1) is 10.5. The summed E-state index contributed by atoms with van der Waals surface area (Å²) in [6.45, 7) is 0.745. The van der Waals surface area contributed by atoms with Gasteiger partial charge in [-0.1, -0.05) is 11.6 Å². The molecule has 1 amide bonds. The molecule has 0 bridgehead atoms. The van der Waals surface area contributed by atoms with E-state index in [4.69, 9.17) is 16.3 Å². The van der Waals surface area contributed by atoms with E-state index in [-0.39, 0.29) is 18.4 Å². The average molecular weight is 324 g/mol. The zero-order valence-corrected chi connectivity index (χ0v) is 12.8. The summed E-state index contributed by atoms with van der Waals surface area (Å²) in [7, 11) is 0. The Morgan fingerprint density at radius 1 is 1.23 bits per heavy atom. The van der Waals surface area contributed by atoms with Gasteiger partial charge in [-0.15, -0.1) is 0 Å². The number of likely N-dealkylation sites (tertiary alicyclic amines) is 1. The Bertz CT molecular complexity index is 570. The number of carbonyl (C=O) groups is 2. The number of aliphatic carboxylic acids is 1. The van der Waals surface area contributed by atoms with Gasteiger partial charge in [0.05, 0.1) is 5.92 Å². The van der Waals surface area contributed by atoms with Gasteiger partial charge in [-0.3, -0.25) is 9.59 Å². The third-order valence-electron chi connectivity index (χ3n) is 4.44. The molecule has 0 aromatic heterocycles. The molecule has 1 aromatic carbocycles. The van der Waals surface area contributed by atoms with Crippen LogP contribution in [-0.2, 0) is 9.59 Å². The lowest BCUT2D eigenvalue weighted by Gasteiger charge is -2.16. The highest BCUT2D eigenvalue weighted by molar-refractivity contribution is 6.30. The first-order valence-corrected chi connectivity index (χ1v) is 7.81. The van der Waals surface area contributed by atoms with Gasteiger partial charge in [0.15, 0.2) is 6.61 Å². The number of hydrogen-bond acceptors (Lipinski definition) is 3. The van der Waals surface area contributed by atoms with Crippen LogP contribution in [0, 0.1) is 17.8 Å². The van der Waals surface area contributed by atoms with Gasteiger partial charge in [0.2, 0.25) is 0 Å². The molecule has 1 aromatic rings. The number of rotatable bonds is 5. The molecule has 0 unspecified atom stereocenters. The van der Waals surface area contributed by atoms with E-state index in [2.05, 4.69) is 0 Å². The normalized spacial score (nSPS) is 24.3. The number of carbonyl (C=O) groups excluding carboxylic acids is 1. The van der Waals surface area contributed by atoms with Crippen molar-refractivity contribution in [1.82, 2.24) is 4.90 Å². The lowest BCUT2D eigenvalue weighted by Crippen LogP contribution is -2.33. The second kappa shape index (κ2) is 6.16. The van der Waals surface area contributed by atoms with Crippen LogP contribution in [0.3, 0.4) is 0 Å². The van der Waals surface area contributed by atoms with Crippen molar-refractivity contribution >= 4 is 23.5 Å². The summed E-state index contributed by atoms with van der Waals surface area (Å²) in [4.78, 5) is 25.2. The molecule has 0 spiro atoms. The van der Waals surface area contributed by atoms with Gasteiger partial charge in [-0.2, -0.15) is 0 Å². The summed E-state index contributed by atoms with van der Waals surface area (Å²) < 4.78 is 5.44. The van der Waals surface area contributed by atoms with E-state index < -0.39 is 11.9 Å². The monoisotopic (exact) mass is 323 g/mol. The van der Waals surface area contributed by atoms with Crippen LogP contribution in [0.25, 0.3) is 0 Å². The smallest absolute Gasteiger partial charge is 0.308 e. The van der Waals surface area contributed by atoms with Crippen molar-refractivity contribution in [2.45, 2.75) is 12.8 Å². The minimum atomic E-state index is -0.800. The third kappa shape index (κ3) is 3.35. The van der Waals surface area contributed by atoms with Gasteiger partial charge in [0, 0.05) is 18.1 Å². The number of nitrogens with zero attached hydrogens (tertiary/aromatic N) is 1. The van der Waals surface area contributed by atoms with Crippen molar-refractivity contribution in [1.29, 1.82) is 0 Å². The van der Waals surface area contributed by atoms with E-state index in [1.807, 2.05) is 0 Å². The Labute approximate surface area is 133 Å². The van der Waals surface area contributed by atoms with Gasteiger partial charge >= 0.3 is 5.97 Å². The van der Waals surface area contributed by atoms with E-state index >= 15 is 0 Å². The van der Waals surface area contributed by atoms with Gasteiger partial charge in [0.1, 0.15) is 5.75 Å². The van der Waals surface area contributed by atoms with Crippen LogP contribution >= 0.6 is 11.6 Å². The molecular formula is C16H18ClNO4. The predicted molar refractivity (Wildman–Crippen MR) is 80.9 cm³/mol. The van der Waals surface area contributed by atoms with Crippen LogP contribution in [-0.4, -0.2) is 41.6 Å². The number of carboxylic acid groups (broad SMARTS) is 1. The van der Waals surface area contributed by atoms with Gasteiger partial charge in [-0.25, -0.2) is 0 Å². The van der Waals surface area contributed by atoms with Crippen LogP contribution in [0.5, 0.6) is 5.75 Å². The van der Waals surface area contributed by atoms with Gasteiger partial charge < -0.3 is 14.7 Å². The van der Waals surface area contributed by atoms with E-state index in [1.165, 1.54) is 0 Å². The molecule has 118 valence electrons. The Balaban J connectivity index is 1.56. The number of ether oxygens (including phenoxy) is 1. The Hall–Kier alpha value is -1.75. The van der Waals surface area contributed by atoms with Crippen LogP contribution < -0.4 is 4.74 Å². The maximum Gasteiger partial charge on any atom is 0.308 e. The van der Waals surface area contributed by atoms with Crippen molar-refractivity contribution in [3.63, 3.8) is 0 Å². The fourth-order valence-electron chi connectivity index (χ4n) is 3.06. The Morgan fingerprint density at radius 2 is 1.91 bits per heavy atom. The van der Waals surface area contributed by atoms with E-state index in [9.17, 15) is 14.7 Å². The SMILES string of the molecule is O=C(O)[C@H]1CN(C(=O)COc2ccc(Cl)cc2)C[C@@H]1C1CC1. The number of hydrogen-bond donors (Lipinski definition) is 1. The molecule has 1 aliphatic heterocycles. The Morgan fingerprint density at radius 3 is 2.50 bits per heavy atom. The second-order valence-corrected chi connectivity index (χ2v) is 6.42. The number of carboxylic acids is 1. The summed E-state index contributed by atoms with van der Waals surface area (Å²) in [5, 5.41) is 9.92. The van der Waals surface area contributed by atoms with Crippen LogP contribution in [0.4, 0.5) is 0 Å². The molecule has 2 atom stereocenters. The zero-order valence-electron chi connectivity index (χ0n) is 12.1. The van der Waals surface area contributed by atoms with Crippen molar-refractivity contribution in [3.8, 4) is 5.75 Å². The summed E-state index contributed by atoms with van der Waals surface area (Å²) in [5.74, 6) is -0.263. The molecule has 0 radical (unpaired) electrons. The molecular weight excluding hydrogens is 306 g/mol. The van der Waals surface area contributed by atoms with Crippen LogP contribution in [0.15, 0.2) is 24.3 Å². The minimum absolute atomic E-state index is 0.0780. The maximum absolute atomic E-state index is 12.2. The summed E-state index contributed by atoms with van der Waals surface area (Å²) in [5.41, 5.74) is 0. The second-order valence-electron chi connectivity index (χ2n) is 5.99. The fourth-order valence-corrected chi connectivity index (χ4v) is 3.19. The Kier molecular flexibility index (Phi) is 4.25. The van der Waals surface area contributed by atoms with Crippen LogP contribution in [0.1, 0.15) is 12.8 Å². The van der Waals surface area contributed by atoms with Crippen molar-refractivity contribution in [3.05, 3.63) is 29.3 Å². The van der Waals surface area contributed by atoms with Gasteiger partial charge in [0.25, 0.3) is 5.91 Å². The first-order valence-electron chi connectivity index (χ1n) is 7.43. The first kappa shape index (κ1) is 15.2. The molecule has 2 aliphatic rings. The predicted octanol–water partition coefficient (Wildman–Crippen LogP) is 2.29. The lowest BCUT2D eigenvalue weighted by molar-refractivity contribution is -0.142. The van der Waals surface area contributed by atoms with E-state index in [0.717, 1.165) is 12.8 Å². The molecule has 1 saturated carbocycles. The zero-order chi connectivity index (χ0) is 15.7. The van der Waals surface area contributed by atoms with Gasteiger partial charge in [-0.05, 0) is 48.9 Å². The van der Waals surface area contributed by atoms with Crippen molar-refractivity contribution < 1.29 is 19.4 Å². The number of halogens is 1. The number of amides is 1. The standard InChI is InChI=1S/C16H18ClNO4/c17-11-3-5-12(6-4-11)22-9-15(19)18-7-13(10-1-2-10)14(8-18)16(20)21/h3-6,10,13-14H,1-2,7-9H2,(H,20,21)/t13-,14+/m1/s1. The lowest BCUT2D eigenvalue weighted by atomic mass is 9.92. The van der Waals surface area contributed by atoms with E-state index in [0.29, 0.717) is 29.8 Å². The van der Waals surface area contributed by atoms with Crippen molar-refractivity contribution in [2.75, 3.05) is 19.7 Å². The summed E-state index contributed by atoms with van der Waals surface area (Å²) >= 11 is 5.79. The molecule has 1 saturated heterocycles. The molecule has 22 heavy (non-hydrogen) atoms. The highest BCUT2D eigenvalue weighted by Gasteiger charge is 2.46. The summed E-state index contributed by atoms with van der Waals surface area (Å²) in [6.07, 6.45) is 2.16. The van der Waals surface area contributed by atoms with Crippen LogP contribution in [0.2, 0.25) is 5.02 Å². The quantitative estimate of drug-likeness (QED) is 0.902. The number of benzene rings is 1.